The van der Waals surface area contributed by atoms with Gasteiger partial charge in [0.15, 0.2) is 22.3 Å². The molecule has 0 aliphatic carbocycles. The molecule has 1 unspecified atom stereocenters. The number of halogens is 1. The molecule has 1 fully saturated rings. The second kappa shape index (κ2) is 6.39. The first-order valence-corrected chi connectivity index (χ1v) is 9.36. The van der Waals surface area contributed by atoms with Gasteiger partial charge >= 0.3 is 0 Å². The lowest BCUT2D eigenvalue weighted by molar-refractivity contribution is 0.0692. The zero-order chi connectivity index (χ0) is 18.4. The number of piperidine rings is 1. The van der Waals surface area contributed by atoms with Gasteiger partial charge in [-0.2, -0.15) is 0 Å². The molecule has 4 heterocycles. The minimum atomic E-state index is -0.112. The quantitative estimate of drug-likeness (QED) is 0.524. The van der Waals surface area contributed by atoms with Gasteiger partial charge in [0.25, 0.3) is 5.91 Å². The van der Waals surface area contributed by atoms with Gasteiger partial charge in [-0.25, -0.2) is 9.97 Å². The summed E-state index contributed by atoms with van der Waals surface area (Å²) < 4.78 is 7.67. The third kappa shape index (κ3) is 2.77. The zero-order valence-corrected chi connectivity index (χ0v) is 15.3. The van der Waals surface area contributed by atoms with E-state index in [9.17, 15) is 4.79 Å². The summed E-state index contributed by atoms with van der Waals surface area (Å²) in [5.41, 5.74) is 2.70. The van der Waals surface area contributed by atoms with Crippen molar-refractivity contribution in [2.45, 2.75) is 18.8 Å². The van der Waals surface area contributed by atoms with Gasteiger partial charge in [-0.3, -0.25) is 9.20 Å². The maximum absolute atomic E-state index is 13.2. The fourth-order valence-corrected chi connectivity index (χ4v) is 3.99. The summed E-state index contributed by atoms with van der Waals surface area (Å²) in [7, 11) is 0. The van der Waals surface area contributed by atoms with Gasteiger partial charge in [-0.05, 0) is 37.1 Å². The molecule has 0 radical (unpaired) electrons. The molecule has 1 aliphatic heterocycles. The van der Waals surface area contributed by atoms with Crippen molar-refractivity contribution in [2.24, 2.45) is 0 Å². The number of nitrogens with zero attached hydrogens (tertiary/aromatic N) is 4. The SMILES string of the molecule is O=C(c1c(Cl)nc2ccccn12)N1CCCC(c2nc3ccccc3o2)C1. The highest BCUT2D eigenvalue weighted by Gasteiger charge is 2.31. The highest BCUT2D eigenvalue weighted by molar-refractivity contribution is 6.32. The van der Waals surface area contributed by atoms with Crippen molar-refractivity contribution in [1.29, 1.82) is 0 Å². The first-order valence-electron chi connectivity index (χ1n) is 8.98. The molecule has 5 rings (SSSR count). The molecule has 1 saturated heterocycles. The second-order valence-corrected chi connectivity index (χ2v) is 7.15. The largest absolute Gasteiger partial charge is 0.440 e. The first kappa shape index (κ1) is 16.3. The van der Waals surface area contributed by atoms with Crippen LogP contribution in [-0.4, -0.2) is 38.3 Å². The van der Waals surface area contributed by atoms with E-state index in [1.54, 1.807) is 4.40 Å². The van der Waals surface area contributed by atoms with Crippen LogP contribution in [0.25, 0.3) is 16.7 Å². The van der Waals surface area contributed by atoms with Gasteiger partial charge in [-0.1, -0.05) is 29.8 Å². The summed E-state index contributed by atoms with van der Waals surface area (Å²) in [6, 6.07) is 13.3. The fourth-order valence-electron chi connectivity index (χ4n) is 3.74. The van der Waals surface area contributed by atoms with Crippen molar-refractivity contribution in [1.82, 2.24) is 19.3 Å². The van der Waals surface area contributed by atoms with E-state index in [4.69, 9.17) is 16.0 Å². The van der Waals surface area contributed by atoms with Crippen LogP contribution < -0.4 is 0 Å². The lowest BCUT2D eigenvalue weighted by Gasteiger charge is -2.31. The minimum Gasteiger partial charge on any atom is -0.440 e. The first-order chi connectivity index (χ1) is 13.2. The van der Waals surface area contributed by atoms with E-state index >= 15 is 0 Å². The molecule has 1 amide bonds. The Hall–Kier alpha value is -2.86. The van der Waals surface area contributed by atoms with Crippen LogP contribution in [0.4, 0.5) is 0 Å². The van der Waals surface area contributed by atoms with Gasteiger partial charge < -0.3 is 9.32 Å². The Labute approximate surface area is 160 Å². The molecule has 27 heavy (non-hydrogen) atoms. The van der Waals surface area contributed by atoms with E-state index in [0.717, 1.165) is 23.9 Å². The molecule has 3 aromatic heterocycles. The van der Waals surface area contributed by atoms with Gasteiger partial charge in [0.2, 0.25) is 0 Å². The van der Waals surface area contributed by atoms with Gasteiger partial charge in [0.05, 0.1) is 5.92 Å². The van der Waals surface area contributed by atoms with Crippen LogP contribution in [0, 0.1) is 0 Å². The molecule has 1 aliphatic rings. The Morgan fingerprint density at radius 2 is 2.00 bits per heavy atom. The van der Waals surface area contributed by atoms with E-state index in [2.05, 4.69) is 9.97 Å². The Kier molecular flexibility index (Phi) is 3.86. The van der Waals surface area contributed by atoms with Gasteiger partial charge in [0, 0.05) is 19.3 Å². The van der Waals surface area contributed by atoms with E-state index in [-0.39, 0.29) is 17.0 Å². The average molecular weight is 381 g/mol. The van der Waals surface area contributed by atoms with Crippen molar-refractivity contribution < 1.29 is 9.21 Å². The van der Waals surface area contributed by atoms with E-state index < -0.39 is 0 Å². The number of para-hydroxylation sites is 2. The average Bonchev–Trinajstić information content (AvgIpc) is 3.27. The molecule has 0 N–H and O–H groups in total. The topological polar surface area (TPSA) is 63.6 Å². The number of carbonyl (C=O) groups is 1. The smallest absolute Gasteiger partial charge is 0.274 e. The fraction of sp³-hybridized carbons (Fsp3) is 0.250. The number of benzene rings is 1. The lowest BCUT2D eigenvalue weighted by atomic mass is 9.97. The number of likely N-dealkylation sites (tertiary alicyclic amines) is 1. The number of hydrogen-bond donors (Lipinski definition) is 0. The summed E-state index contributed by atoms with van der Waals surface area (Å²) in [6.45, 7) is 1.24. The van der Waals surface area contributed by atoms with Crippen LogP contribution in [0.5, 0.6) is 0 Å². The van der Waals surface area contributed by atoms with Gasteiger partial charge in [-0.15, -0.1) is 0 Å². The van der Waals surface area contributed by atoms with Crippen molar-refractivity contribution in [3.05, 3.63) is 65.4 Å². The molecular formula is C20H17ClN4O2. The highest BCUT2D eigenvalue weighted by atomic mass is 35.5. The third-order valence-electron chi connectivity index (χ3n) is 5.06. The maximum Gasteiger partial charge on any atom is 0.274 e. The Morgan fingerprint density at radius 3 is 2.89 bits per heavy atom. The number of oxazole rings is 1. The van der Waals surface area contributed by atoms with E-state index in [1.807, 2.05) is 53.6 Å². The van der Waals surface area contributed by atoms with E-state index in [0.29, 0.717) is 30.3 Å². The summed E-state index contributed by atoms with van der Waals surface area (Å²) in [5, 5.41) is 0.232. The van der Waals surface area contributed by atoms with Crippen molar-refractivity contribution in [3.8, 4) is 0 Å². The van der Waals surface area contributed by atoms with Crippen molar-refractivity contribution in [3.63, 3.8) is 0 Å². The molecule has 6 nitrogen and oxygen atoms in total. The standard InChI is InChI=1S/C20H17ClN4O2/c21-18-17(25-11-4-3-9-16(25)23-18)20(26)24-10-5-6-13(12-24)19-22-14-7-1-2-8-15(14)27-19/h1-4,7-9,11,13H,5-6,10,12H2. The van der Waals surface area contributed by atoms with Gasteiger partial charge in [0.1, 0.15) is 11.2 Å². The van der Waals surface area contributed by atoms with Crippen LogP contribution in [0.1, 0.15) is 35.1 Å². The number of hydrogen-bond acceptors (Lipinski definition) is 4. The maximum atomic E-state index is 13.2. The Morgan fingerprint density at radius 1 is 1.15 bits per heavy atom. The normalized spacial score (nSPS) is 17.7. The molecular weight excluding hydrogens is 364 g/mol. The zero-order valence-electron chi connectivity index (χ0n) is 14.5. The second-order valence-electron chi connectivity index (χ2n) is 6.79. The molecule has 0 spiro atoms. The molecule has 1 atom stereocenters. The number of aromatic nitrogens is 3. The van der Waals surface area contributed by atoms with Crippen LogP contribution >= 0.6 is 11.6 Å². The summed E-state index contributed by atoms with van der Waals surface area (Å²) in [5.74, 6) is 0.658. The van der Waals surface area contributed by atoms with Crippen molar-refractivity contribution >= 4 is 34.3 Å². The predicted octanol–water partition coefficient (Wildman–Crippen LogP) is 4.15. The summed E-state index contributed by atoms with van der Waals surface area (Å²) in [4.78, 5) is 23.9. The Bertz CT molecular complexity index is 1120. The molecule has 0 saturated carbocycles. The third-order valence-corrected chi connectivity index (χ3v) is 5.32. The molecule has 1 aromatic carbocycles. The molecule has 7 heteroatoms. The minimum absolute atomic E-state index is 0.0769. The van der Waals surface area contributed by atoms with E-state index in [1.165, 1.54) is 0 Å². The Balaban J connectivity index is 1.45. The van der Waals surface area contributed by atoms with Crippen LogP contribution in [0.2, 0.25) is 5.15 Å². The van der Waals surface area contributed by atoms with Crippen LogP contribution in [0.15, 0.2) is 53.1 Å². The summed E-state index contributed by atoms with van der Waals surface area (Å²) >= 11 is 6.28. The molecule has 136 valence electrons. The number of amides is 1. The van der Waals surface area contributed by atoms with Crippen LogP contribution in [0.3, 0.4) is 0 Å². The van der Waals surface area contributed by atoms with Crippen molar-refractivity contribution in [2.75, 3.05) is 13.1 Å². The lowest BCUT2D eigenvalue weighted by Crippen LogP contribution is -2.39. The predicted molar refractivity (Wildman–Crippen MR) is 102 cm³/mol. The summed E-state index contributed by atoms with van der Waals surface area (Å²) in [6.07, 6.45) is 3.64. The van der Waals surface area contributed by atoms with Crippen LogP contribution in [-0.2, 0) is 0 Å². The number of rotatable bonds is 2. The molecule has 4 aromatic rings. The number of carbonyl (C=O) groups excluding carboxylic acids is 1. The number of imidazole rings is 1. The highest BCUT2D eigenvalue weighted by Crippen LogP contribution is 2.30. The number of pyridine rings is 1. The number of fused-ring (bicyclic) bond motifs is 2. The monoisotopic (exact) mass is 380 g/mol. The molecule has 0 bridgehead atoms.